The Morgan fingerprint density at radius 1 is 1.14 bits per heavy atom. The molecule has 5 rings (SSSR count). The zero-order valence-corrected chi connectivity index (χ0v) is 21.1. The highest BCUT2D eigenvalue weighted by Gasteiger charge is 2.46. The van der Waals surface area contributed by atoms with Crippen LogP contribution in [0.3, 0.4) is 0 Å². The summed E-state index contributed by atoms with van der Waals surface area (Å²) in [6, 6.07) is 12.5. The maximum absolute atomic E-state index is 13.3. The predicted octanol–water partition coefficient (Wildman–Crippen LogP) is 3.80. The zero-order valence-electron chi connectivity index (χ0n) is 20.3. The predicted molar refractivity (Wildman–Crippen MR) is 131 cm³/mol. The van der Waals surface area contributed by atoms with Gasteiger partial charge in [0, 0.05) is 44.1 Å². The summed E-state index contributed by atoms with van der Waals surface area (Å²) in [7, 11) is -0.136. The van der Waals surface area contributed by atoms with Crippen molar-refractivity contribution in [2.45, 2.75) is 42.4 Å². The van der Waals surface area contributed by atoms with Crippen molar-refractivity contribution >= 4 is 15.7 Å². The lowest BCUT2D eigenvalue weighted by Gasteiger charge is -2.43. The smallest absolute Gasteiger partial charge is 0.253 e. The number of methoxy groups -OCH3 is 1. The van der Waals surface area contributed by atoms with Crippen molar-refractivity contribution in [3.63, 3.8) is 0 Å². The monoisotopic (exact) mass is 495 g/mol. The fourth-order valence-electron chi connectivity index (χ4n) is 4.97. The van der Waals surface area contributed by atoms with Crippen molar-refractivity contribution in [1.82, 2.24) is 14.5 Å². The van der Waals surface area contributed by atoms with Crippen molar-refractivity contribution in [2.24, 2.45) is 7.05 Å². The molecular formula is C26H29N3O5S. The lowest BCUT2D eigenvalue weighted by atomic mass is 9.83. The van der Waals surface area contributed by atoms with Crippen molar-refractivity contribution in [1.29, 1.82) is 0 Å². The molecule has 1 spiro atoms. The van der Waals surface area contributed by atoms with Crippen molar-refractivity contribution in [3.8, 4) is 22.8 Å². The molecule has 9 heteroatoms. The topological polar surface area (TPSA) is 90.7 Å². The van der Waals surface area contributed by atoms with Crippen LogP contribution >= 0.6 is 0 Å². The summed E-state index contributed by atoms with van der Waals surface area (Å²) in [5.74, 6) is 0.850. The number of amides is 1. The number of fused-ring (bicyclic) bond motifs is 4. The minimum absolute atomic E-state index is 0.0982. The second-order valence-corrected chi connectivity index (χ2v) is 11.9. The Balaban J connectivity index is 1.39. The molecule has 1 saturated heterocycles. The van der Waals surface area contributed by atoms with Crippen LogP contribution in [0.2, 0.25) is 0 Å². The molecule has 2 aliphatic heterocycles. The number of ether oxygens (including phenoxy) is 2. The summed E-state index contributed by atoms with van der Waals surface area (Å²) in [5, 5.41) is -0.589. The van der Waals surface area contributed by atoms with E-state index in [-0.39, 0.29) is 16.6 Å². The molecule has 3 heterocycles. The average molecular weight is 496 g/mol. The summed E-state index contributed by atoms with van der Waals surface area (Å²) in [6.45, 7) is 4.23. The van der Waals surface area contributed by atoms with Crippen LogP contribution in [-0.4, -0.2) is 54.2 Å². The molecule has 0 bridgehead atoms. The molecule has 3 aromatic rings. The lowest BCUT2D eigenvalue weighted by Crippen LogP contribution is -2.49. The second kappa shape index (κ2) is 8.41. The molecular weight excluding hydrogens is 466 g/mol. The number of hydrogen-bond acceptors (Lipinski definition) is 6. The van der Waals surface area contributed by atoms with Gasteiger partial charge in [-0.2, -0.15) is 0 Å². The molecule has 2 aliphatic rings. The number of likely N-dealkylation sites (tertiary alicyclic amines) is 1. The number of benzene rings is 2. The highest BCUT2D eigenvalue weighted by molar-refractivity contribution is 7.92. The normalized spacial score (nSPS) is 16.5. The minimum atomic E-state index is -3.53. The van der Waals surface area contributed by atoms with Gasteiger partial charge < -0.3 is 18.9 Å². The van der Waals surface area contributed by atoms with E-state index in [0.29, 0.717) is 31.5 Å². The number of para-hydroxylation sites is 1. The Hall–Kier alpha value is -3.33. The van der Waals surface area contributed by atoms with E-state index < -0.39 is 20.7 Å². The number of hydrogen-bond donors (Lipinski definition) is 0. The minimum Gasteiger partial charge on any atom is -0.495 e. The highest BCUT2D eigenvalue weighted by Crippen LogP contribution is 2.48. The van der Waals surface area contributed by atoms with Gasteiger partial charge in [-0.15, -0.1) is 0 Å². The summed E-state index contributed by atoms with van der Waals surface area (Å²) < 4.78 is 39.2. The van der Waals surface area contributed by atoms with Crippen LogP contribution in [0.25, 0.3) is 11.3 Å². The Bertz CT molecular complexity index is 1400. The third kappa shape index (κ3) is 3.69. The SMILES string of the molecule is COc1cc(C(=O)N2CCC3(CC2)Oc2ccccc2-c2c3ncn2C)ccc1S(=O)(=O)C(C)C. The summed E-state index contributed by atoms with van der Waals surface area (Å²) in [4.78, 5) is 19.9. The standard InChI is InChI=1S/C26H29N3O5S/c1-17(2)35(31,32)22-10-9-18(15-21(22)33-4)25(30)29-13-11-26(12-14-29)24-23(28(3)16-27-24)19-7-5-6-8-20(19)34-26/h5-10,15-17H,11-14H2,1-4H3. The van der Waals surface area contributed by atoms with Gasteiger partial charge >= 0.3 is 0 Å². The summed E-state index contributed by atoms with van der Waals surface area (Å²) in [5.41, 5.74) is 2.80. The molecule has 0 N–H and O–H groups in total. The third-order valence-electron chi connectivity index (χ3n) is 7.01. The van der Waals surface area contributed by atoms with Crippen LogP contribution in [0.1, 0.15) is 42.7 Å². The Morgan fingerprint density at radius 2 is 1.86 bits per heavy atom. The van der Waals surface area contributed by atoms with E-state index >= 15 is 0 Å². The number of carbonyl (C=O) groups excluding carboxylic acids is 1. The van der Waals surface area contributed by atoms with Gasteiger partial charge in [-0.25, -0.2) is 13.4 Å². The second-order valence-electron chi connectivity index (χ2n) is 9.40. The number of aryl methyl sites for hydroxylation is 1. The van der Waals surface area contributed by atoms with Crippen LogP contribution in [0.5, 0.6) is 11.5 Å². The lowest BCUT2D eigenvalue weighted by molar-refractivity contribution is -0.00460. The van der Waals surface area contributed by atoms with E-state index in [2.05, 4.69) is 0 Å². The molecule has 0 aliphatic carbocycles. The summed E-state index contributed by atoms with van der Waals surface area (Å²) >= 11 is 0. The molecule has 0 radical (unpaired) electrons. The van der Waals surface area contributed by atoms with Crippen LogP contribution in [-0.2, 0) is 22.5 Å². The molecule has 0 unspecified atom stereocenters. The van der Waals surface area contributed by atoms with E-state index in [4.69, 9.17) is 14.5 Å². The van der Waals surface area contributed by atoms with E-state index in [1.807, 2.05) is 42.2 Å². The number of sulfone groups is 1. The number of piperidine rings is 1. The number of nitrogens with zero attached hydrogens (tertiary/aromatic N) is 3. The largest absolute Gasteiger partial charge is 0.495 e. The maximum Gasteiger partial charge on any atom is 0.253 e. The molecule has 1 fully saturated rings. The van der Waals surface area contributed by atoms with Gasteiger partial charge in [-0.05, 0) is 44.2 Å². The number of aromatic nitrogens is 2. The van der Waals surface area contributed by atoms with Gasteiger partial charge in [0.2, 0.25) is 0 Å². The molecule has 1 aromatic heterocycles. The highest BCUT2D eigenvalue weighted by atomic mass is 32.2. The van der Waals surface area contributed by atoms with Crippen molar-refractivity contribution in [2.75, 3.05) is 20.2 Å². The first-order valence-electron chi connectivity index (χ1n) is 11.7. The number of imidazole rings is 1. The fourth-order valence-corrected chi connectivity index (χ4v) is 6.16. The van der Waals surface area contributed by atoms with E-state index in [9.17, 15) is 13.2 Å². The molecule has 2 aromatic carbocycles. The van der Waals surface area contributed by atoms with Crippen LogP contribution in [0.4, 0.5) is 0 Å². The van der Waals surface area contributed by atoms with Gasteiger partial charge in [-0.3, -0.25) is 4.79 Å². The number of rotatable bonds is 4. The molecule has 0 atom stereocenters. The van der Waals surface area contributed by atoms with Crippen LogP contribution < -0.4 is 9.47 Å². The maximum atomic E-state index is 13.3. The van der Waals surface area contributed by atoms with Crippen molar-refractivity contribution in [3.05, 3.63) is 60.0 Å². The number of carbonyl (C=O) groups is 1. The van der Waals surface area contributed by atoms with Gasteiger partial charge in [0.15, 0.2) is 15.4 Å². The van der Waals surface area contributed by atoms with Crippen LogP contribution in [0.15, 0.2) is 53.7 Å². The van der Waals surface area contributed by atoms with Gasteiger partial charge in [-0.1, -0.05) is 12.1 Å². The van der Waals surface area contributed by atoms with Gasteiger partial charge in [0.25, 0.3) is 5.91 Å². The van der Waals surface area contributed by atoms with E-state index in [0.717, 1.165) is 22.7 Å². The molecule has 0 saturated carbocycles. The van der Waals surface area contributed by atoms with E-state index in [1.54, 1.807) is 24.8 Å². The average Bonchev–Trinajstić information content (AvgIpc) is 3.26. The summed E-state index contributed by atoms with van der Waals surface area (Å²) in [6.07, 6.45) is 3.02. The Kier molecular flexibility index (Phi) is 5.62. The van der Waals surface area contributed by atoms with Crippen LogP contribution in [0, 0.1) is 0 Å². The first kappa shape index (κ1) is 23.4. The fraction of sp³-hybridized carbons (Fsp3) is 0.385. The Labute approximate surface area is 205 Å². The quantitative estimate of drug-likeness (QED) is 0.547. The first-order valence-corrected chi connectivity index (χ1v) is 13.2. The van der Waals surface area contributed by atoms with Gasteiger partial charge in [0.05, 0.1) is 24.4 Å². The third-order valence-corrected chi connectivity index (χ3v) is 9.20. The van der Waals surface area contributed by atoms with Crippen molar-refractivity contribution < 1.29 is 22.7 Å². The molecule has 184 valence electrons. The molecule has 1 amide bonds. The van der Waals surface area contributed by atoms with Gasteiger partial charge in [0.1, 0.15) is 22.1 Å². The zero-order chi connectivity index (χ0) is 25.0. The Morgan fingerprint density at radius 3 is 2.54 bits per heavy atom. The molecule has 8 nitrogen and oxygen atoms in total. The first-order chi connectivity index (χ1) is 16.7. The van der Waals surface area contributed by atoms with E-state index in [1.165, 1.54) is 19.2 Å². The molecule has 35 heavy (non-hydrogen) atoms.